The molecule has 1 amide bonds. The third-order valence-electron chi connectivity index (χ3n) is 2.56. The van der Waals surface area contributed by atoms with Crippen LogP contribution in [0.25, 0.3) is 0 Å². The monoisotopic (exact) mass is 333 g/mol. The van der Waals surface area contributed by atoms with Crippen LogP contribution in [0.4, 0.5) is 5.69 Å². The summed E-state index contributed by atoms with van der Waals surface area (Å²) in [7, 11) is 0. The maximum absolute atomic E-state index is 11.7. The van der Waals surface area contributed by atoms with E-state index in [4.69, 9.17) is 0 Å². The summed E-state index contributed by atoms with van der Waals surface area (Å²) in [6, 6.07) is 6.11. The van der Waals surface area contributed by atoms with Gasteiger partial charge in [0.1, 0.15) is 0 Å². The molecule has 1 heterocycles. The standard InChI is InChI=1S/C11H12INOS/c1-7-4-8(2-3-10(7)12)13-6-9(15)5-11(13)14/h2-4,9,15H,5-6H2,1H3. The van der Waals surface area contributed by atoms with E-state index in [9.17, 15) is 4.79 Å². The molecule has 0 bridgehead atoms. The van der Waals surface area contributed by atoms with Crippen molar-refractivity contribution in [1.29, 1.82) is 0 Å². The van der Waals surface area contributed by atoms with Crippen LogP contribution in [0.15, 0.2) is 18.2 Å². The van der Waals surface area contributed by atoms with Crippen molar-refractivity contribution >= 4 is 46.8 Å². The van der Waals surface area contributed by atoms with Crippen molar-refractivity contribution in [2.75, 3.05) is 11.4 Å². The second-order valence-electron chi connectivity index (χ2n) is 3.80. The summed E-state index contributed by atoms with van der Waals surface area (Å²) in [5.74, 6) is 0.176. The SMILES string of the molecule is Cc1cc(N2CC(S)CC2=O)ccc1I. The predicted octanol–water partition coefficient (Wildman–Crippen LogP) is 2.63. The number of rotatable bonds is 1. The Balaban J connectivity index is 2.30. The number of anilines is 1. The van der Waals surface area contributed by atoms with Crippen molar-refractivity contribution in [3.05, 3.63) is 27.3 Å². The minimum atomic E-state index is 0.176. The van der Waals surface area contributed by atoms with Gasteiger partial charge in [-0.05, 0) is 53.3 Å². The molecule has 4 heteroatoms. The fourth-order valence-corrected chi connectivity index (χ4v) is 2.39. The van der Waals surface area contributed by atoms with Gasteiger partial charge in [0.2, 0.25) is 5.91 Å². The Bertz CT molecular complexity index is 408. The Morgan fingerprint density at radius 1 is 1.53 bits per heavy atom. The first kappa shape index (κ1) is 11.3. The largest absolute Gasteiger partial charge is 0.311 e. The zero-order valence-electron chi connectivity index (χ0n) is 8.40. The van der Waals surface area contributed by atoms with Crippen molar-refractivity contribution in [1.82, 2.24) is 0 Å². The number of hydrogen-bond acceptors (Lipinski definition) is 2. The van der Waals surface area contributed by atoms with Gasteiger partial charge in [-0.1, -0.05) is 0 Å². The van der Waals surface area contributed by atoms with Crippen molar-refractivity contribution in [2.24, 2.45) is 0 Å². The van der Waals surface area contributed by atoms with Crippen LogP contribution in [-0.2, 0) is 4.79 Å². The highest BCUT2D eigenvalue weighted by Crippen LogP contribution is 2.26. The van der Waals surface area contributed by atoms with E-state index in [0.29, 0.717) is 6.42 Å². The van der Waals surface area contributed by atoms with Gasteiger partial charge in [-0.2, -0.15) is 12.6 Å². The van der Waals surface area contributed by atoms with Crippen molar-refractivity contribution in [2.45, 2.75) is 18.6 Å². The Morgan fingerprint density at radius 3 is 2.80 bits per heavy atom. The summed E-state index contributed by atoms with van der Waals surface area (Å²) in [6.07, 6.45) is 0.550. The summed E-state index contributed by atoms with van der Waals surface area (Å²) in [6.45, 7) is 2.78. The Labute approximate surface area is 109 Å². The van der Waals surface area contributed by atoms with Crippen LogP contribution < -0.4 is 4.90 Å². The molecule has 1 aliphatic rings. The highest BCUT2D eigenvalue weighted by molar-refractivity contribution is 14.1. The summed E-state index contributed by atoms with van der Waals surface area (Å²) in [5, 5.41) is 0.178. The van der Waals surface area contributed by atoms with Crippen LogP contribution in [0.5, 0.6) is 0 Å². The molecule has 1 aromatic rings. The third-order valence-corrected chi connectivity index (χ3v) is 4.11. The van der Waals surface area contributed by atoms with E-state index in [2.05, 4.69) is 48.2 Å². The molecule has 1 aliphatic heterocycles. The highest BCUT2D eigenvalue weighted by atomic mass is 127. The number of benzene rings is 1. The first-order valence-corrected chi connectivity index (χ1v) is 6.42. The summed E-state index contributed by atoms with van der Waals surface area (Å²) >= 11 is 6.64. The van der Waals surface area contributed by atoms with Crippen molar-refractivity contribution in [3.8, 4) is 0 Å². The zero-order valence-corrected chi connectivity index (χ0v) is 11.5. The average molecular weight is 333 g/mol. The topological polar surface area (TPSA) is 20.3 Å². The predicted molar refractivity (Wildman–Crippen MR) is 73.6 cm³/mol. The third kappa shape index (κ3) is 2.30. The number of halogens is 1. The van der Waals surface area contributed by atoms with Gasteiger partial charge in [-0.25, -0.2) is 0 Å². The second-order valence-corrected chi connectivity index (χ2v) is 5.69. The zero-order chi connectivity index (χ0) is 11.0. The first-order valence-electron chi connectivity index (χ1n) is 4.82. The number of aryl methyl sites for hydroxylation is 1. The average Bonchev–Trinajstić information content (AvgIpc) is 2.50. The smallest absolute Gasteiger partial charge is 0.228 e. The Morgan fingerprint density at radius 2 is 2.27 bits per heavy atom. The van der Waals surface area contributed by atoms with Gasteiger partial charge in [-0.3, -0.25) is 4.79 Å². The number of hydrogen-bond donors (Lipinski definition) is 1. The van der Waals surface area contributed by atoms with Gasteiger partial charge < -0.3 is 4.90 Å². The quantitative estimate of drug-likeness (QED) is 0.619. The van der Waals surface area contributed by atoms with E-state index in [0.717, 1.165) is 12.2 Å². The van der Waals surface area contributed by atoms with Gasteiger partial charge in [0, 0.05) is 27.5 Å². The van der Waals surface area contributed by atoms with Crippen LogP contribution in [0.1, 0.15) is 12.0 Å². The molecule has 0 aromatic heterocycles. The van der Waals surface area contributed by atoms with Crippen molar-refractivity contribution < 1.29 is 4.79 Å². The van der Waals surface area contributed by atoms with Gasteiger partial charge in [0.25, 0.3) is 0 Å². The van der Waals surface area contributed by atoms with E-state index in [1.807, 2.05) is 17.0 Å². The lowest BCUT2D eigenvalue weighted by Gasteiger charge is -2.16. The van der Waals surface area contributed by atoms with Gasteiger partial charge in [0.05, 0.1) is 0 Å². The van der Waals surface area contributed by atoms with E-state index < -0.39 is 0 Å². The van der Waals surface area contributed by atoms with Crippen LogP contribution in [0, 0.1) is 10.5 Å². The summed E-state index contributed by atoms with van der Waals surface area (Å²) < 4.78 is 1.23. The minimum absolute atomic E-state index is 0.176. The molecule has 0 aliphatic carbocycles. The molecule has 2 nitrogen and oxygen atoms in total. The van der Waals surface area contributed by atoms with Gasteiger partial charge in [-0.15, -0.1) is 0 Å². The minimum Gasteiger partial charge on any atom is -0.311 e. The normalized spacial score (nSPS) is 21.1. The maximum Gasteiger partial charge on any atom is 0.228 e. The lowest BCUT2D eigenvalue weighted by atomic mass is 10.2. The number of carbonyl (C=O) groups excluding carboxylic acids is 1. The van der Waals surface area contributed by atoms with E-state index >= 15 is 0 Å². The van der Waals surface area contributed by atoms with E-state index in [1.54, 1.807) is 0 Å². The molecule has 1 atom stereocenters. The molecular weight excluding hydrogens is 321 g/mol. The molecular formula is C11H12INOS. The summed E-state index contributed by atoms with van der Waals surface area (Å²) in [5.41, 5.74) is 2.21. The number of thiol groups is 1. The molecule has 80 valence electrons. The van der Waals surface area contributed by atoms with E-state index in [-0.39, 0.29) is 11.2 Å². The molecule has 1 unspecified atom stereocenters. The molecule has 0 saturated carbocycles. The molecule has 1 saturated heterocycles. The number of nitrogens with zero attached hydrogens (tertiary/aromatic N) is 1. The number of carbonyl (C=O) groups is 1. The molecule has 1 aromatic carbocycles. The molecule has 0 N–H and O–H groups in total. The lowest BCUT2D eigenvalue weighted by molar-refractivity contribution is -0.117. The van der Waals surface area contributed by atoms with E-state index in [1.165, 1.54) is 9.13 Å². The summed E-state index contributed by atoms with van der Waals surface area (Å²) in [4.78, 5) is 13.5. The van der Waals surface area contributed by atoms with Gasteiger partial charge in [0.15, 0.2) is 0 Å². The fraction of sp³-hybridized carbons (Fsp3) is 0.364. The molecule has 2 rings (SSSR count). The van der Waals surface area contributed by atoms with Crippen LogP contribution in [-0.4, -0.2) is 17.7 Å². The molecule has 1 fully saturated rings. The van der Waals surface area contributed by atoms with Crippen LogP contribution >= 0.6 is 35.2 Å². The Kier molecular flexibility index (Phi) is 3.25. The maximum atomic E-state index is 11.7. The molecule has 0 radical (unpaired) electrons. The fourth-order valence-electron chi connectivity index (χ4n) is 1.74. The first-order chi connectivity index (χ1) is 7.08. The molecule has 15 heavy (non-hydrogen) atoms. The lowest BCUT2D eigenvalue weighted by Crippen LogP contribution is -2.24. The van der Waals surface area contributed by atoms with Gasteiger partial charge >= 0.3 is 0 Å². The highest BCUT2D eigenvalue weighted by Gasteiger charge is 2.28. The van der Waals surface area contributed by atoms with Crippen LogP contribution in [0.3, 0.4) is 0 Å². The van der Waals surface area contributed by atoms with Crippen LogP contribution in [0.2, 0.25) is 0 Å². The Hall–Kier alpha value is -0.230. The van der Waals surface area contributed by atoms with Crippen molar-refractivity contribution in [3.63, 3.8) is 0 Å². The second kappa shape index (κ2) is 4.33. The molecule has 0 spiro atoms. The number of amides is 1.